The molecule has 1 unspecified atom stereocenters. The first-order chi connectivity index (χ1) is 15.2. The molecule has 2 N–H and O–H groups in total. The molecule has 2 aromatic rings. The van der Waals surface area contributed by atoms with Crippen molar-refractivity contribution >= 4 is 35.8 Å². The average molecular weight is 550 g/mol. The highest BCUT2D eigenvalue weighted by molar-refractivity contribution is 14.0. The van der Waals surface area contributed by atoms with Crippen molar-refractivity contribution in [3.05, 3.63) is 71.8 Å². The topological polar surface area (TPSA) is 60.0 Å². The molecule has 7 heteroatoms. The van der Waals surface area contributed by atoms with E-state index in [4.69, 9.17) is 0 Å². The van der Waals surface area contributed by atoms with Crippen LogP contribution in [0.1, 0.15) is 36.4 Å². The Kier molecular flexibility index (Phi) is 11.5. The van der Waals surface area contributed by atoms with Gasteiger partial charge < -0.3 is 15.5 Å². The number of carbonyl (C=O) groups excluding carboxylic acids is 1. The predicted octanol–water partition coefficient (Wildman–Crippen LogP) is 3.66. The molecule has 0 saturated carbocycles. The standard InChI is InChI=1S/C25H35N5O.HI/c1-26-25(27-16-15-24(31)29(2)20-21-11-5-3-6-12-21)28-19-23(30-17-9-10-18-30)22-13-7-4-8-14-22;/h3-8,11-14,23H,9-10,15-20H2,1-2H3,(H2,26,27,28);1H. The number of carbonyl (C=O) groups is 1. The Balaban J connectivity index is 0.00000363. The molecule has 1 aliphatic rings. The van der Waals surface area contributed by atoms with Gasteiger partial charge >= 0.3 is 0 Å². The highest BCUT2D eigenvalue weighted by Gasteiger charge is 2.23. The monoisotopic (exact) mass is 549 g/mol. The zero-order chi connectivity index (χ0) is 21.9. The highest BCUT2D eigenvalue weighted by atomic mass is 127. The molecule has 6 nitrogen and oxygen atoms in total. The summed E-state index contributed by atoms with van der Waals surface area (Å²) in [5.74, 6) is 0.852. The lowest BCUT2D eigenvalue weighted by atomic mass is 10.1. The Hall–Kier alpha value is -2.13. The summed E-state index contributed by atoms with van der Waals surface area (Å²) in [5, 5.41) is 6.75. The van der Waals surface area contributed by atoms with Gasteiger partial charge in [0.1, 0.15) is 0 Å². The largest absolute Gasteiger partial charge is 0.356 e. The van der Waals surface area contributed by atoms with E-state index in [0.717, 1.165) is 31.2 Å². The number of likely N-dealkylation sites (tertiary alicyclic amines) is 1. The van der Waals surface area contributed by atoms with Gasteiger partial charge in [-0.15, -0.1) is 24.0 Å². The van der Waals surface area contributed by atoms with Crippen molar-refractivity contribution in [2.45, 2.75) is 31.8 Å². The molecule has 1 saturated heterocycles. The van der Waals surface area contributed by atoms with Crippen molar-refractivity contribution in [3.63, 3.8) is 0 Å². The highest BCUT2D eigenvalue weighted by Crippen LogP contribution is 2.24. The maximum absolute atomic E-state index is 12.5. The maximum Gasteiger partial charge on any atom is 0.224 e. The molecule has 1 fully saturated rings. The normalized spacial score (nSPS) is 15.0. The number of aliphatic imine (C=N–C) groups is 1. The first-order valence-corrected chi connectivity index (χ1v) is 11.2. The van der Waals surface area contributed by atoms with Gasteiger partial charge in [0.15, 0.2) is 5.96 Å². The third-order valence-corrected chi connectivity index (χ3v) is 5.77. The summed E-state index contributed by atoms with van der Waals surface area (Å²) in [6.07, 6.45) is 2.95. The predicted molar refractivity (Wildman–Crippen MR) is 142 cm³/mol. The molecule has 0 radical (unpaired) electrons. The van der Waals surface area contributed by atoms with Crippen molar-refractivity contribution in [3.8, 4) is 0 Å². The van der Waals surface area contributed by atoms with Gasteiger partial charge in [-0.2, -0.15) is 0 Å². The number of rotatable bonds is 9. The van der Waals surface area contributed by atoms with Crippen molar-refractivity contribution in [1.82, 2.24) is 20.4 Å². The first-order valence-electron chi connectivity index (χ1n) is 11.2. The molecule has 3 rings (SSSR count). The van der Waals surface area contributed by atoms with Crippen LogP contribution < -0.4 is 10.6 Å². The number of nitrogens with one attached hydrogen (secondary N) is 2. The fourth-order valence-electron chi connectivity index (χ4n) is 4.02. The van der Waals surface area contributed by atoms with Crippen LogP contribution in [0.5, 0.6) is 0 Å². The van der Waals surface area contributed by atoms with E-state index < -0.39 is 0 Å². The zero-order valence-electron chi connectivity index (χ0n) is 19.2. The van der Waals surface area contributed by atoms with Crippen molar-refractivity contribution in [2.24, 2.45) is 4.99 Å². The first kappa shape index (κ1) is 26.1. The Morgan fingerprint density at radius 3 is 2.28 bits per heavy atom. The molecule has 0 spiro atoms. The van der Waals surface area contributed by atoms with Crippen molar-refractivity contribution < 1.29 is 4.79 Å². The van der Waals surface area contributed by atoms with Crippen LogP contribution in [0.4, 0.5) is 0 Å². The van der Waals surface area contributed by atoms with Gasteiger partial charge in [-0.05, 0) is 37.1 Å². The van der Waals surface area contributed by atoms with Gasteiger partial charge in [0.2, 0.25) is 5.91 Å². The number of guanidine groups is 1. The van der Waals surface area contributed by atoms with Crippen LogP contribution in [0.25, 0.3) is 0 Å². The second-order valence-corrected chi connectivity index (χ2v) is 8.03. The summed E-state index contributed by atoms with van der Waals surface area (Å²) >= 11 is 0. The molecule has 174 valence electrons. The van der Waals surface area contributed by atoms with Crippen LogP contribution in [-0.2, 0) is 11.3 Å². The summed E-state index contributed by atoms with van der Waals surface area (Å²) in [6, 6.07) is 21.0. The zero-order valence-corrected chi connectivity index (χ0v) is 21.5. The summed E-state index contributed by atoms with van der Waals surface area (Å²) in [4.78, 5) is 21.1. The van der Waals surface area contributed by atoms with Crippen molar-refractivity contribution in [2.75, 3.05) is 40.3 Å². The van der Waals surface area contributed by atoms with E-state index in [0.29, 0.717) is 25.6 Å². The Bertz CT molecular complexity index is 825. The fourth-order valence-corrected chi connectivity index (χ4v) is 4.02. The molecule has 1 heterocycles. The molecule has 1 amide bonds. The number of hydrogen-bond acceptors (Lipinski definition) is 3. The fraction of sp³-hybridized carbons (Fsp3) is 0.440. The summed E-state index contributed by atoms with van der Waals surface area (Å²) in [7, 11) is 3.62. The number of amides is 1. The number of benzene rings is 2. The molecule has 0 bridgehead atoms. The Morgan fingerprint density at radius 2 is 1.66 bits per heavy atom. The van der Waals surface area contributed by atoms with E-state index in [9.17, 15) is 4.79 Å². The second kappa shape index (κ2) is 14.1. The van der Waals surface area contributed by atoms with Crippen LogP contribution in [0, 0.1) is 0 Å². The van der Waals surface area contributed by atoms with Gasteiger partial charge in [0.05, 0.1) is 6.04 Å². The second-order valence-electron chi connectivity index (χ2n) is 8.03. The Labute approximate surface area is 209 Å². The van der Waals surface area contributed by atoms with Gasteiger partial charge in [-0.1, -0.05) is 60.7 Å². The van der Waals surface area contributed by atoms with Gasteiger partial charge in [-0.3, -0.25) is 14.7 Å². The minimum absolute atomic E-state index is 0. The van der Waals surface area contributed by atoms with Crippen molar-refractivity contribution in [1.29, 1.82) is 0 Å². The van der Waals surface area contributed by atoms with E-state index in [1.165, 1.54) is 18.4 Å². The lowest BCUT2D eigenvalue weighted by Crippen LogP contribution is -2.43. The smallest absolute Gasteiger partial charge is 0.224 e. The molecule has 2 aromatic carbocycles. The minimum Gasteiger partial charge on any atom is -0.356 e. The number of nitrogens with zero attached hydrogens (tertiary/aromatic N) is 3. The van der Waals surface area contributed by atoms with E-state index in [1.54, 1.807) is 11.9 Å². The van der Waals surface area contributed by atoms with E-state index in [2.05, 4.69) is 50.9 Å². The lowest BCUT2D eigenvalue weighted by molar-refractivity contribution is -0.130. The van der Waals surface area contributed by atoms with E-state index in [-0.39, 0.29) is 29.9 Å². The minimum atomic E-state index is 0. The van der Waals surface area contributed by atoms with Crippen LogP contribution in [0.3, 0.4) is 0 Å². The summed E-state index contributed by atoms with van der Waals surface area (Å²) in [5.41, 5.74) is 2.46. The van der Waals surface area contributed by atoms with Crippen LogP contribution in [0.15, 0.2) is 65.7 Å². The Morgan fingerprint density at radius 1 is 1.03 bits per heavy atom. The van der Waals surface area contributed by atoms with Gasteiger partial charge in [0.25, 0.3) is 0 Å². The number of hydrogen-bond donors (Lipinski definition) is 2. The van der Waals surface area contributed by atoms with E-state index in [1.807, 2.05) is 37.4 Å². The van der Waals surface area contributed by atoms with Gasteiger partial charge in [-0.25, -0.2) is 0 Å². The molecule has 32 heavy (non-hydrogen) atoms. The molecule has 0 aliphatic carbocycles. The maximum atomic E-state index is 12.5. The van der Waals surface area contributed by atoms with Gasteiger partial charge in [0, 0.05) is 40.2 Å². The number of halogens is 1. The van der Waals surface area contributed by atoms with Crippen LogP contribution in [-0.4, -0.2) is 61.9 Å². The molecule has 0 aromatic heterocycles. The SMILES string of the molecule is CN=C(NCCC(=O)N(C)Cc1ccccc1)NCC(c1ccccc1)N1CCCC1.I. The van der Waals surface area contributed by atoms with Crippen LogP contribution >= 0.6 is 24.0 Å². The van der Waals surface area contributed by atoms with E-state index >= 15 is 0 Å². The quantitative estimate of drug-likeness (QED) is 0.285. The third kappa shape index (κ3) is 8.09. The summed E-state index contributed by atoms with van der Waals surface area (Å²) < 4.78 is 0. The molecule has 1 aliphatic heterocycles. The molecular weight excluding hydrogens is 513 g/mol. The van der Waals surface area contributed by atoms with Crippen LogP contribution in [0.2, 0.25) is 0 Å². The summed E-state index contributed by atoms with van der Waals surface area (Å²) in [6.45, 7) is 4.23. The molecular formula is C25H36IN5O. The molecule has 1 atom stereocenters. The third-order valence-electron chi connectivity index (χ3n) is 5.77. The lowest BCUT2D eigenvalue weighted by Gasteiger charge is -2.29. The average Bonchev–Trinajstić information content (AvgIpc) is 3.34.